The maximum atomic E-state index is 11.6. The first-order chi connectivity index (χ1) is 8.42. The second-order valence-corrected chi connectivity index (χ2v) is 5.71. The van der Waals surface area contributed by atoms with E-state index in [1.54, 1.807) is 0 Å². The van der Waals surface area contributed by atoms with Gasteiger partial charge in [-0.1, -0.05) is 0 Å². The molecule has 0 aromatic carbocycles. The van der Waals surface area contributed by atoms with Crippen LogP contribution in [0.1, 0.15) is 33.6 Å². The van der Waals surface area contributed by atoms with Crippen molar-refractivity contribution < 1.29 is 9.53 Å². The van der Waals surface area contributed by atoms with Crippen molar-refractivity contribution in [3.05, 3.63) is 0 Å². The summed E-state index contributed by atoms with van der Waals surface area (Å²) in [6.45, 7) is 7.79. The Morgan fingerprint density at radius 3 is 2.72 bits per heavy atom. The maximum Gasteiger partial charge on any atom is 0.407 e. The summed E-state index contributed by atoms with van der Waals surface area (Å²) in [6.07, 6.45) is 1.35. The van der Waals surface area contributed by atoms with Crippen LogP contribution in [0.15, 0.2) is 0 Å². The highest BCUT2D eigenvalue weighted by Gasteiger charge is 2.24. The Bertz CT molecular complexity index is 317. The molecule has 1 fully saturated rings. The van der Waals surface area contributed by atoms with Gasteiger partial charge < -0.3 is 15.4 Å². The molecule has 102 valence electrons. The normalized spacial score (nSPS) is 24.8. The van der Waals surface area contributed by atoms with Crippen LogP contribution in [0.5, 0.6) is 0 Å². The van der Waals surface area contributed by atoms with Crippen molar-refractivity contribution >= 4 is 6.09 Å². The van der Waals surface area contributed by atoms with Gasteiger partial charge in [-0.2, -0.15) is 5.26 Å². The van der Waals surface area contributed by atoms with Crippen molar-refractivity contribution in [3.63, 3.8) is 0 Å². The van der Waals surface area contributed by atoms with Crippen LogP contribution in [0.4, 0.5) is 4.79 Å². The number of ether oxygens (including phenoxy) is 1. The molecule has 1 saturated heterocycles. The van der Waals surface area contributed by atoms with Gasteiger partial charge in [0.25, 0.3) is 0 Å². The second kappa shape index (κ2) is 6.60. The van der Waals surface area contributed by atoms with Gasteiger partial charge in [0.1, 0.15) is 5.60 Å². The van der Waals surface area contributed by atoms with Gasteiger partial charge in [-0.25, -0.2) is 4.79 Å². The van der Waals surface area contributed by atoms with Gasteiger partial charge in [0.15, 0.2) is 0 Å². The van der Waals surface area contributed by atoms with Gasteiger partial charge in [0, 0.05) is 6.54 Å². The highest BCUT2D eigenvalue weighted by Crippen LogP contribution is 2.20. The molecule has 2 atom stereocenters. The summed E-state index contributed by atoms with van der Waals surface area (Å²) < 4.78 is 5.18. The summed E-state index contributed by atoms with van der Waals surface area (Å²) in [7, 11) is 0. The number of nitrogens with zero attached hydrogens (tertiary/aromatic N) is 1. The minimum atomic E-state index is -0.482. The molecule has 0 aliphatic carbocycles. The molecule has 0 bridgehead atoms. The van der Waals surface area contributed by atoms with Crippen LogP contribution in [-0.4, -0.2) is 31.3 Å². The van der Waals surface area contributed by atoms with E-state index in [1.165, 1.54) is 0 Å². The smallest absolute Gasteiger partial charge is 0.407 e. The molecule has 0 unspecified atom stereocenters. The van der Waals surface area contributed by atoms with E-state index in [4.69, 9.17) is 10.00 Å². The first-order valence-electron chi connectivity index (χ1n) is 6.49. The Morgan fingerprint density at radius 2 is 2.11 bits per heavy atom. The van der Waals surface area contributed by atoms with E-state index in [-0.39, 0.29) is 11.8 Å². The molecular weight excluding hydrogens is 230 g/mol. The van der Waals surface area contributed by atoms with Gasteiger partial charge in [0.2, 0.25) is 0 Å². The zero-order valence-electron chi connectivity index (χ0n) is 11.5. The van der Waals surface area contributed by atoms with E-state index in [0.29, 0.717) is 6.54 Å². The molecule has 0 saturated carbocycles. The predicted molar refractivity (Wildman–Crippen MR) is 68.9 cm³/mol. The molecule has 1 amide bonds. The highest BCUT2D eigenvalue weighted by atomic mass is 16.6. The minimum absolute atomic E-state index is 0.00920. The van der Waals surface area contributed by atoms with Crippen LogP contribution in [0.2, 0.25) is 0 Å². The number of nitrogens with one attached hydrogen (secondary N) is 2. The molecular formula is C13H23N3O2. The summed E-state index contributed by atoms with van der Waals surface area (Å²) in [5.41, 5.74) is -0.482. The Kier molecular flexibility index (Phi) is 5.42. The fourth-order valence-corrected chi connectivity index (χ4v) is 2.05. The van der Waals surface area contributed by atoms with Crippen LogP contribution < -0.4 is 10.6 Å². The van der Waals surface area contributed by atoms with Gasteiger partial charge >= 0.3 is 6.09 Å². The SMILES string of the molecule is CC(C)(C)OC(=O)NC[C@@H]1CCNCC[C@@H]1C#N. The Morgan fingerprint density at radius 1 is 1.44 bits per heavy atom. The van der Waals surface area contributed by atoms with Crippen LogP contribution >= 0.6 is 0 Å². The zero-order valence-corrected chi connectivity index (χ0v) is 11.5. The standard InChI is InChI=1S/C13H23N3O2/c1-13(2,3)18-12(17)16-9-11-5-7-15-6-4-10(11)8-14/h10-11,15H,4-7,9H2,1-3H3,(H,16,17)/t10-,11+/m1/s1. The number of rotatable bonds is 2. The molecule has 1 rings (SSSR count). The van der Waals surface area contributed by atoms with Gasteiger partial charge in [-0.05, 0) is 52.6 Å². The molecule has 1 heterocycles. The summed E-state index contributed by atoms with van der Waals surface area (Å²) in [5.74, 6) is 0.215. The lowest BCUT2D eigenvalue weighted by Gasteiger charge is -2.22. The average Bonchev–Trinajstić information content (AvgIpc) is 2.48. The lowest BCUT2D eigenvalue weighted by atomic mass is 9.89. The summed E-state index contributed by atoms with van der Waals surface area (Å²) in [5, 5.41) is 15.1. The molecule has 2 N–H and O–H groups in total. The lowest BCUT2D eigenvalue weighted by molar-refractivity contribution is 0.0515. The zero-order chi connectivity index (χ0) is 13.6. The fourth-order valence-electron chi connectivity index (χ4n) is 2.05. The Labute approximate surface area is 109 Å². The number of hydrogen-bond acceptors (Lipinski definition) is 4. The van der Waals surface area contributed by atoms with Gasteiger partial charge in [0.05, 0.1) is 12.0 Å². The summed E-state index contributed by atoms with van der Waals surface area (Å²) >= 11 is 0. The molecule has 0 radical (unpaired) electrons. The van der Waals surface area contributed by atoms with Gasteiger partial charge in [-0.15, -0.1) is 0 Å². The van der Waals surface area contributed by atoms with Crippen molar-refractivity contribution in [3.8, 4) is 6.07 Å². The number of carbonyl (C=O) groups is 1. The van der Waals surface area contributed by atoms with Crippen LogP contribution in [0.3, 0.4) is 0 Å². The molecule has 5 heteroatoms. The van der Waals surface area contributed by atoms with Crippen molar-refractivity contribution in [2.24, 2.45) is 11.8 Å². The maximum absolute atomic E-state index is 11.6. The van der Waals surface area contributed by atoms with Gasteiger partial charge in [-0.3, -0.25) is 0 Å². The number of alkyl carbamates (subject to hydrolysis) is 1. The quantitative estimate of drug-likeness (QED) is 0.784. The highest BCUT2D eigenvalue weighted by molar-refractivity contribution is 5.67. The monoisotopic (exact) mass is 253 g/mol. The van der Waals surface area contributed by atoms with E-state index >= 15 is 0 Å². The van der Waals surface area contributed by atoms with E-state index in [2.05, 4.69) is 16.7 Å². The first kappa shape index (κ1) is 14.8. The lowest BCUT2D eigenvalue weighted by Crippen LogP contribution is -2.37. The number of amides is 1. The van der Waals surface area contributed by atoms with Crippen LogP contribution in [-0.2, 0) is 4.74 Å². The Balaban J connectivity index is 2.41. The molecule has 5 nitrogen and oxygen atoms in total. The van der Waals surface area contributed by atoms with Crippen molar-refractivity contribution in [2.75, 3.05) is 19.6 Å². The third kappa shape index (κ3) is 5.37. The number of hydrogen-bond donors (Lipinski definition) is 2. The molecule has 0 spiro atoms. The third-order valence-electron chi connectivity index (χ3n) is 2.97. The number of nitriles is 1. The third-order valence-corrected chi connectivity index (χ3v) is 2.97. The summed E-state index contributed by atoms with van der Waals surface area (Å²) in [6, 6.07) is 2.33. The van der Waals surface area contributed by atoms with E-state index in [1.807, 2.05) is 20.8 Å². The van der Waals surface area contributed by atoms with Crippen molar-refractivity contribution in [1.29, 1.82) is 5.26 Å². The Hall–Kier alpha value is -1.28. The average molecular weight is 253 g/mol. The van der Waals surface area contributed by atoms with Crippen molar-refractivity contribution in [1.82, 2.24) is 10.6 Å². The molecule has 0 aromatic rings. The van der Waals surface area contributed by atoms with Crippen LogP contribution in [0.25, 0.3) is 0 Å². The molecule has 1 aliphatic heterocycles. The topological polar surface area (TPSA) is 74.2 Å². The molecule has 18 heavy (non-hydrogen) atoms. The minimum Gasteiger partial charge on any atom is -0.444 e. The second-order valence-electron chi connectivity index (χ2n) is 5.71. The summed E-state index contributed by atoms with van der Waals surface area (Å²) in [4.78, 5) is 11.6. The van der Waals surface area contributed by atoms with Crippen molar-refractivity contribution in [2.45, 2.75) is 39.2 Å². The fraction of sp³-hybridized carbons (Fsp3) is 0.846. The predicted octanol–water partition coefficient (Wildman–Crippen LogP) is 1.65. The largest absolute Gasteiger partial charge is 0.444 e. The number of carbonyl (C=O) groups excluding carboxylic acids is 1. The molecule has 1 aliphatic rings. The van der Waals surface area contributed by atoms with E-state index in [0.717, 1.165) is 25.9 Å². The van der Waals surface area contributed by atoms with Crippen LogP contribution in [0, 0.1) is 23.2 Å². The first-order valence-corrected chi connectivity index (χ1v) is 6.49. The van der Waals surface area contributed by atoms with E-state index < -0.39 is 11.7 Å². The molecule has 0 aromatic heterocycles. The van der Waals surface area contributed by atoms with E-state index in [9.17, 15) is 4.79 Å².